The number of carbonyl (C=O) groups is 1. The molecule has 1 amide bonds. The van der Waals surface area contributed by atoms with Gasteiger partial charge in [-0.05, 0) is 80.7 Å². The minimum atomic E-state index is -0.692. The van der Waals surface area contributed by atoms with Gasteiger partial charge in [0, 0.05) is 0 Å². The number of nitrogens with one attached hydrogen (secondary N) is 1. The average molecular weight is 651 g/mol. The summed E-state index contributed by atoms with van der Waals surface area (Å²) in [6.45, 7) is 2.43. The van der Waals surface area contributed by atoms with Crippen molar-refractivity contribution in [2.24, 2.45) is 5.10 Å². The number of hydrazone groups is 1. The normalized spacial score (nSPS) is 11.0. The average Bonchev–Trinajstić information content (AvgIpc) is 3.62. The molecule has 220 valence electrons. The van der Waals surface area contributed by atoms with E-state index in [1.807, 2.05) is 37.3 Å². The van der Waals surface area contributed by atoms with E-state index in [4.69, 9.17) is 19.9 Å². The monoisotopic (exact) mass is 650 g/mol. The Kier molecular flexibility index (Phi) is 9.21. The molecule has 5 aromatic rings. The number of nitrogens with zero attached hydrogens (tertiary/aromatic N) is 6. The fourth-order valence-electron chi connectivity index (χ4n) is 3.81. The summed E-state index contributed by atoms with van der Waals surface area (Å²) in [4.78, 5) is 13.1. The summed E-state index contributed by atoms with van der Waals surface area (Å²) >= 11 is 3.54. The molecule has 3 aromatic carbocycles. The third kappa shape index (κ3) is 7.13. The fraction of sp³-hybridized carbons (Fsp3) is 0.143. The Morgan fingerprint density at radius 2 is 1.88 bits per heavy atom. The number of hydrogen-bond acceptors (Lipinski definition) is 11. The number of anilines is 1. The van der Waals surface area contributed by atoms with Crippen molar-refractivity contribution in [3.63, 3.8) is 0 Å². The van der Waals surface area contributed by atoms with Crippen molar-refractivity contribution in [2.75, 3.05) is 12.3 Å². The largest absolute Gasteiger partial charge is 0.490 e. The third-order valence-electron chi connectivity index (χ3n) is 5.80. The van der Waals surface area contributed by atoms with Crippen molar-refractivity contribution in [3.05, 3.63) is 99.5 Å². The summed E-state index contributed by atoms with van der Waals surface area (Å²) in [6, 6.07) is 18.6. The van der Waals surface area contributed by atoms with E-state index >= 15 is 0 Å². The van der Waals surface area contributed by atoms with Gasteiger partial charge in [0.25, 0.3) is 5.91 Å². The Labute approximate surface area is 252 Å². The molecule has 0 saturated heterocycles. The number of hydrogen-bond donors (Lipinski definition) is 2. The molecule has 0 spiro atoms. The summed E-state index contributed by atoms with van der Waals surface area (Å²) in [5, 5.41) is 19.2. The molecule has 0 saturated carbocycles. The number of nitrogens with two attached hydrogens (primary N) is 1. The number of carbonyl (C=O) groups excluding carboxylic acids is 1. The predicted octanol–water partition coefficient (Wildman–Crippen LogP) is 4.45. The highest BCUT2D eigenvalue weighted by molar-refractivity contribution is 9.10. The first-order valence-corrected chi connectivity index (χ1v) is 13.6. The first kappa shape index (κ1) is 29.2. The van der Waals surface area contributed by atoms with E-state index in [-0.39, 0.29) is 29.6 Å². The van der Waals surface area contributed by atoms with Crippen LogP contribution in [0.1, 0.15) is 34.2 Å². The Balaban J connectivity index is 1.33. The Hall–Kier alpha value is -5.31. The Morgan fingerprint density at radius 3 is 2.60 bits per heavy atom. The van der Waals surface area contributed by atoms with Crippen LogP contribution in [0.2, 0.25) is 0 Å². The first-order chi connectivity index (χ1) is 20.9. The summed E-state index contributed by atoms with van der Waals surface area (Å²) in [7, 11) is 0. The van der Waals surface area contributed by atoms with Gasteiger partial charge in [-0.15, -0.1) is 5.10 Å². The molecule has 0 bridgehead atoms. The van der Waals surface area contributed by atoms with Gasteiger partial charge in [-0.2, -0.15) is 9.78 Å². The molecule has 0 fully saturated rings. The first-order valence-electron chi connectivity index (χ1n) is 12.8. The van der Waals surface area contributed by atoms with Gasteiger partial charge in [0.05, 0.1) is 17.3 Å². The number of halogens is 2. The van der Waals surface area contributed by atoms with Gasteiger partial charge >= 0.3 is 0 Å². The number of rotatable bonds is 12. The van der Waals surface area contributed by atoms with Crippen LogP contribution in [0.5, 0.6) is 17.2 Å². The van der Waals surface area contributed by atoms with Crippen molar-refractivity contribution >= 4 is 33.9 Å². The molecule has 0 radical (unpaired) electrons. The van der Waals surface area contributed by atoms with Gasteiger partial charge < -0.3 is 19.9 Å². The smallest absolute Gasteiger partial charge is 0.293 e. The topological polar surface area (TPSA) is 165 Å². The zero-order valence-electron chi connectivity index (χ0n) is 22.6. The maximum atomic E-state index is 13.3. The molecule has 3 N–H and O–H groups in total. The predicted molar refractivity (Wildman–Crippen MR) is 156 cm³/mol. The summed E-state index contributed by atoms with van der Waals surface area (Å²) in [5.41, 5.74) is 9.91. The van der Waals surface area contributed by atoms with Gasteiger partial charge in [0.2, 0.25) is 11.6 Å². The highest BCUT2D eigenvalue weighted by atomic mass is 79.9. The lowest BCUT2D eigenvalue weighted by molar-refractivity contribution is 0.0947. The van der Waals surface area contributed by atoms with Crippen LogP contribution >= 0.6 is 15.9 Å². The van der Waals surface area contributed by atoms with Crippen molar-refractivity contribution in [2.45, 2.75) is 20.1 Å². The molecule has 43 heavy (non-hydrogen) atoms. The van der Waals surface area contributed by atoms with E-state index < -0.39 is 11.7 Å². The zero-order valence-corrected chi connectivity index (χ0v) is 24.2. The lowest BCUT2D eigenvalue weighted by atomic mass is 10.2. The van der Waals surface area contributed by atoms with Crippen LogP contribution in [0.15, 0.2) is 80.9 Å². The van der Waals surface area contributed by atoms with E-state index in [1.165, 1.54) is 30.5 Å². The van der Waals surface area contributed by atoms with E-state index in [0.29, 0.717) is 40.5 Å². The lowest BCUT2D eigenvalue weighted by Crippen LogP contribution is -2.21. The number of ether oxygens (including phenoxy) is 3. The molecule has 2 aromatic heterocycles. The highest BCUT2D eigenvalue weighted by Crippen LogP contribution is 2.37. The Bertz CT molecular complexity index is 1730. The highest BCUT2D eigenvalue weighted by Gasteiger charge is 2.24. The lowest BCUT2D eigenvalue weighted by Gasteiger charge is -2.14. The molecule has 0 aliphatic rings. The van der Waals surface area contributed by atoms with Crippen molar-refractivity contribution in [1.29, 1.82) is 0 Å². The minimum Gasteiger partial charge on any atom is -0.490 e. The van der Waals surface area contributed by atoms with Crippen LogP contribution in [0.3, 0.4) is 0 Å². The van der Waals surface area contributed by atoms with Crippen LogP contribution in [0.4, 0.5) is 10.2 Å². The van der Waals surface area contributed by atoms with E-state index in [2.05, 4.69) is 51.7 Å². The maximum absolute atomic E-state index is 13.3. The van der Waals surface area contributed by atoms with Crippen LogP contribution < -0.4 is 25.4 Å². The second-order valence-corrected chi connectivity index (χ2v) is 9.60. The van der Waals surface area contributed by atoms with Crippen molar-refractivity contribution in [1.82, 2.24) is 30.7 Å². The van der Waals surface area contributed by atoms with Gasteiger partial charge in [-0.1, -0.05) is 35.5 Å². The molecule has 2 heterocycles. The molecule has 0 aliphatic heterocycles. The number of nitrogen functional groups attached to an aromatic ring is 1. The zero-order chi connectivity index (χ0) is 30.2. The molecule has 13 nitrogen and oxygen atoms in total. The van der Waals surface area contributed by atoms with Crippen LogP contribution in [0, 0.1) is 5.82 Å². The van der Waals surface area contributed by atoms with Crippen molar-refractivity contribution in [3.8, 4) is 23.1 Å². The Morgan fingerprint density at radius 1 is 1.09 bits per heavy atom. The van der Waals surface area contributed by atoms with Gasteiger partial charge in [-0.3, -0.25) is 4.79 Å². The van der Waals surface area contributed by atoms with Gasteiger partial charge in [-0.25, -0.2) is 14.4 Å². The molecule has 15 heteroatoms. The second kappa shape index (κ2) is 13.6. The SMILES string of the molecule is CCOc1cc(C=NNC(=O)c2nnn(-c3nonc3N)c2COc2ccc(F)cc2)cc(Br)c1OCc1ccccc1. The molecule has 0 unspecified atom stereocenters. The summed E-state index contributed by atoms with van der Waals surface area (Å²) in [6.07, 6.45) is 1.44. The van der Waals surface area contributed by atoms with Crippen molar-refractivity contribution < 1.29 is 28.0 Å². The minimum absolute atomic E-state index is 0.00985. The van der Waals surface area contributed by atoms with E-state index in [1.54, 1.807) is 12.1 Å². The summed E-state index contributed by atoms with van der Waals surface area (Å²) in [5.74, 6) is 0.200. The molecule has 0 aliphatic carbocycles. The molecule has 0 atom stereocenters. The number of aromatic nitrogens is 5. The van der Waals surface area contributed by atoms with Gasteiger partial charge in [0.15, 0.2) is 17.2 Å². The van der Waals surface area contributed by atoms with E-state index in [9.17, 15) is 9.18 Å². The second-order valence-electron chi connectivity index (χ2n) is 8.75. The van der Waals surface area contributed by atoms with Crippen LogP contribution in [0.25, 0.3) is 5.82 Å². The van der Waals surface area contributed by atoms with E-state index in [0.717, 1.165) is 10.2 Å². The molecule has 5 rings (SSSR count). The number of benzene rings is 3. The third-order valence-corrected chi connectivity index (χ3v) is 6.39. The summed E-state index contributed by atoms with van der Waals surface area (Å²) < 4.78 is 37.3. The fourth-order valence-corrected chi connectivity index (χ4v) is 4.39. The standard InChI is InChI=1S/C28H24BrFN8O5/c1-2-40-23-13-18(12-21(29)25(23)42-15-17-6-4-3-5-7-17)14-32-34-28(39)24-22(16-41-20-10-8-19(30)9-11-20)38(37-33-24)27-26(31)35-43-36-27/h3-14H,2,15-16H2,1H3,(H2,31,35)(H,34,39). The van der Waals surface area contributed by atoms with Crippen LogP contribution in [-0.2, 0) is 13.2 Å². The van der Waals surface area contributed by atoms with Gasteiger partial charge in [0.1, 0.15) is 30.5 Å². The molecular weight excluding hydrogens is 627 g/mol. The molecular formula is C28H24BrFN8O5. The quantitative estimate of drug-likeness (QED) is 0.145. The van der Waals surface area contributed by atoms with Crippen LogP contribution in [-0.4, -0.2) is 44.0 Å². The number of amides is 1. The maximum Gasteiger partial charge on any atom is 0.293 e.